The molecule has 24 heavy (non-hydrogen) atoms. The molecule has 2 aromatic rings. The van der Waals surface area contributed by atoms with Crippen LogP contribution in [0.1, 0.15) is 31.9 Å². The van der Waals surface area contributed by atoms with Gasteiger partial charge in [-0.3, -0.25) is 0 Å². The fourth-order valence-electron chi connectivity index (χ4n) is 2.48. The Kier molecular flexibility index (Phi) is 6.88. The van der Waals surface area contributed by atoms with Gasteiger partial charge >= 0.3 is 0 Å². The van der Waals surface area contributed by atoms with Gasteiger partial charge in [0.15, 0.2) is 5.11 Å². The second kappa shape index (κ2) is 8.90. The lowest BCUT2D eigenvalue weighted by Gasteiger charge is -2.23. The lowest BCUT2D eigenvalue weighted by atomic mass is 9.97. The van der Waals surface area contributed by atoms with Gasteiger partial charge in [0, 0.05) is 10.7 Å². The van der Waals surface area contributed by atoms with Gasteiger partial charge < -0.3 is 15.4 Å². The van der Waals surface area contributed by atoms with Gasteiger partial charge in [-0.05, 0) is 60.5 Å². The number of anilines is 1. The second-order valence-electron chi connectivity index (χ2n) is 6.06. The SMILES string of the molecule is COc1ccc([C@H](CC(C)C)NC(=S)Nc2cccc(Cl)c2)cc1. The number of thiocarbonyl (C=S) groups is 1. The first-order valence-electron chi connectivity index (χ1n) is 7.95. The topological polar surface area (TPSA) is 33.3 Å². The van der Waals surface area contributed by atoms with Crippen LogP contribution in [0.4, 0.5) is 5.69 Å². The Bertz CT molecular complexity index is 673. The maximum atomic E-state index is 6.01. The van der Waals surface area contributed by atoms with Crippen LogP contribution >= 0.6 is 23.8 Å². The van der Waals surface area contributed by atoms with Crippen molar-refractivity contribution in [1.82, 2.24) is 5.32 Å². The van der Waals surface area contributed by atoms with E-state index < -0.39 is 0 Å². The molecule has 0 spiro atoms. The molecule has 0 amide bonds. The van der Waals surface area contributed by atoms with Crippen LogP contribution in [0.15, 0.2) is 48.5 Å². The summed E-state index contributed by atoms with van der Waals surface area (Å²) in [6.45, 7) is 4.40. The first-order chi connectivity index (χ1) is 11.5. The average molecular weight is 363 g/mol. The summed E-state index contributed by atoms with van der Waals surface area (Å²) in [5.74, 6) is 1.39. The molecule has 128 valence electrons. The lowest BCUT2D eigenvalue weighted by molar-refractivity contribution is 0.414. The standard InChI is InChI=1S/C19H23ClN2OS/c1-13(2)11-18(14-7-9-17(23-3)10-8-14)22-19(24)21-16-6-4-5-15(20)12-16/h4-10,12-13,18H,11H2,1-3H3,(H2,21,22,24)/t18-/m0/s1. The van der Waals surface area contributed by atoms with Crippen molar-refractivity contribution in [1.29, 1.82) is 0 Å². The summed E-state index contributed by atoms with van der Waals surface area (Å²) in [4.78, 5) is 0. The number of nitrogens with one attached hydrogen (secondary N) is 2. The van der Waals surface area contributed by atoms with Gasteiger partial charge in [-0.15, -0.1) is 0 Å². The second-order valence-corrected chi connectivity index (χ2v) is 6.91. The van der Waals surface area contributed by atoms with Gasteiger partial charge in [0.2, 0.25) is 0 Å². The van der Waals surface area contributed by atoms with Gasteiger partial charge in [0.05, 0.1) is 13.2 Å². The minimum absolute atomic E-state index is 0.134. The Morgan fingerprint density at radius 1 is 1.17 bits per heavy atom. The quantitative estimate of drug-likeness (QED) is 0.672. The first-order valence-corrected chi connectivity index (χ1v) is 8.73. The minimum Gasteiger partial charge on any atom is -0.497 e. The van der Waals surface area contributed by atoms with Crippen LogP contribution in [0.5, 0.6) is 5.75 Å². The van der Waals surface area contributed by atoms with E-state index in [1.165, 1.54) is 5.56 Å². The molecule has 0 heterocycles. The third-order valence-corrected chi connectivity index (χ3v) is 4.07. The fourth-order valence-corrected chi connectivity index (χ4v) is 2.93. The highest BCUT2D eigenvalue weighted by atomic mass is 35.5. The molecule has 0 saturated heterocycles. The number of hydrogen-bond acceptors (Lipinski definition) is 2. The van der Waals surface area contributed by atoms with E-state index in [0.29, 0.717) is 16.1 Å². The van der Waals surface area contributed by atoms with Crippen LogP contribution in [0.25, 0.3) is 0 Å². The third-order valence-electron chi connectivity index (χ3n) is 3.61. The van der Waals surface area contributed by atoms with Crippen LogP contribution in [0.3, 0.4) is 0 Å². The van der Waals surface area contributed by atoms with Crippen molar-refractivity contribution < 1.29 is 4.74 Å². The lowest BCUT2D eigenvalue weighted by Crippen LogP contribution is -2.33. The highest BCUT2D eigenvalue weighted by Gasteiger charge is 2.15. The Balaban J connectivity index is 2.08. The number of ether oxygens (including phenoxy) is 1. The summed E-state index contributed by atoms with van der Waals surface area (Å²) >= 11 is 11.5. The zero-order chi connectivity index (χ0) is 17.5. The molecule has 1 atom stereocenters. The summed E-state index contributed by atoms with van der Waals surface area (Å²) in [6, 6.07) is 15.7. The predicted octanol–water partition coefficient (Wildman–Crippen LogP) is 5.42. The third kappa shape index (κ3) is 5.69. The van der Waals surface area contributed by atoms with Gasteiger partial charge in [-0.25, -0.2) is 0 Å². The fraction of sp³-hybridized carbons (Fsp3) is 0.316. The van der Waals surface area contributed by atoms with Gasteiger partial charge in [-0.2, -0.15) is 0 Å². The molecule has 2 rings (SSSR count). The molecule has 0 aliphatic carbocycles. The number of rotatable bonds is 6. The summed E-state index contributed by atoms with van der Waals surface area (Å²) in [7, 11) is 1.67. The highest BCUT2D eigenvalue weighted by Crippen LogP contribution is 2.24. The van der Waals surface area contributed by atoms with Crippen molar-refractivity contribution in [3.05, 3.63) is 59.1 Å². The van der Waals surface area contributed by atoms with E-state index in [2.05, 4.69) is 36.6 Å². The van der Waals surface area contributed by atoms with E-state index in [4.69, 9.17) is 28.6 Å². The van der Waals surface area contributed by atoms with Crippen LogP contribution in [0.2, 0.25) is 5.02 Å². The molecule has 2 N–H and O–H groups in total. The van der Waals surface area contributed by atoms with Crippen LogP contribution in [0, 0.1) is 5.92 Å². The molecular formula is C19H23ClN2OS. The maximum Gasteiger partial charge on any atom is 0.171 e. The van der Waals surface area contributed by atoms with E-state index >= 15 is 0 Å². The van der Waals surface area contributed by atoms with Gasteiger partial charge in [0.1, 0.15) is 5.75 Å². The molecule has 0 radical (unpaired) electrons. The molecular weight excluding hydrogens is 340 g/mol. The van der Waals surface area contributed by atoms with Crippen molar-refractivity contribution in [3.8, 4) is 5.75 Å². The number of benzene rings is 2. The normalized spacial score (nSPS) is 11.9. The van der Waals surface area contributed by atoms with Crippen molar-refractivity contribution in [2.45, 2.75) is 26.3 Å². The van der Waals surface area contributed by atoms with Crippen molar-refractivity contribution in [2.24, 2.45) is 5.92 Å². The number of hydrogen-bond donors (Lipinski definition) is 2. The molecule has 0 aromatic heterocycles. The molecule has 0 aliphatic heterocycles. The van der Waals surface area contributed by atoms with E-state index in [1.807, 2.05) is 36.4 Å². The molecule has 0 unspecified atom stereocenters. The monoisotopic (exact) mass is 362 g/mol. The molecule has 2 aromatic carbocycles. The van der Waals surface area contributed by atoms with Gasteiger partial charge in [0.25, 0.3) is 0 Å². The maximum absolute atomic E-state index is 6.01. The Morgan fingerprint density at radius 3 is 2.46 bits per heavy atom. The summed E-state index contributed by atoms with van der Waals surface area (Å²) < 4.78 is 5.23. The van der Waals surface area contributed by atoms with Crippen LogP contribution in [-0.2, 0) is 0 Å². The molecule has 0 bridgehead atoms. The molecule has 0 saturated carbocycles. The largest absolute Gasteiger partial charge is 0.497 e. The zero-order valence-electron chi connectivity index (χ0n) is 14.2. The van der Waals surface area contributed by atoms with E-state index in [9.17, 15) is 0 Å². The number of halogens is 1. The van der Waals surface area contributed by atoms with Crippen LogP contribution < -0.4 is 15.4 Å². The Hall–Kier alpha value is -1.78. The average Bonchev–Trinajstić information content (AvgIpc) is 2.54. The van der Waals surface area contributed by atoms with Gasteiger partial charge in [-0.1, -0.05) is 43.6 Å². The smallest absolute Gasteiger partial charge is 0.171 e. The molecule has 0 fully saturated rings. The van der Waals surface area contributed by atoms with E-state index in [0.717, 1.165) is 17.9 Å². The van der Waals surface area contributed by atoms with Crippen molar-refractivity contribution >= 4 is 34.6 Å². The van der Waals surface area contributed by atoms with Crippen molar-refractivity contribution in [3.63, 3.8) is 0 Å². The summed E-state index contributed by atoms with van der Waals surface area (Å²) in [5.41, 5.74) is 2.05. The Morgan fingerprint density at radius 2 is 1.88 bits per heavy atom. The summed E-state index contributed by atoms with van der Waals surface area (Å²) in [5, 5.41) is 7.86. The zero-order valence-corrected chi connectivity index (χ0v) is 15.7. The van der Waals surface area contributed by atoms with Crippen LogP contribution in [-0.4, -0.2) is 12.2 Å². The Labute approximate surface area is 154 Å². The minimum atomic E-state index is 0.134. The molecule has 5 heteroatoms. The summed E-state index contributed by atoms with van der Waals surface area (Å²) in [6.07, 6.45) is 0.976. The number of methoxy groups -OCH3 is 1. The highest BCUT2D eigenvalue weighted by molar-refractivity contribution is 7.80. The van der Waals surface area contributed by atoms with E-state index in [-0.39, 0.29) is 6.04 Å². The first kappa shape index (κ1) is 18.6. The van der Waals surface area contributed by atoms with E-state index in [1.54, 1.807) is 7.11 Å². The predicted molar refractivity (Wildman–Crippen MR) is 106 cm³/mol. The molecule has 0 aliphatic rings. The molecule has 3 nitrogen and oxygen atoms in total. The van der Waals surface area contributed by atoms with Crippen molar-refractivity contribution in [2.75, 3.05) is 12.4 Å².